The van der Waals surface area contributed by atoms with Crippen LogP contribution in [0, 0.1) is 16.7 Å². The number of benzene rings is 2. The van der Waals surface area contributed by atoms with E-state index in [1.165, 1.54) is 52.8 Å². The minimum Gasteiger partial charge on any atom is -0.462 e. The van der Waals surface area contributed by atoms with Crippen molar-refractivity contribution in [2.45, 2.75) is 109 Å². The van der Waals surface area contributed by atoms with E-state index < -0.39 is 94.4 Å². The van der Waals surface area contributed by atoms with Crippen LogP contribution in [0.1, 0.15) is 77.2 Å². The number of rotatable bonds is 9. The monoisotopic (exact) mass is 760 g/mol. The van der Waals surface area contributed by atoms with Gasteiger partial charge in [0.2, 0.25) is 0 Å². The lowest BCUT2D eigenvalue weighted by molar-refractivity contribution is -0.352. The molecule has 1 aliphatic heterocycles. The maximum atomic E-state index is 14.1. The summed E-state index contributed by atoms with van der Waals surface area (Å²) in [4.78, 5) is 66.7. The molecule has 2 N–H and O–H groups in total. The molecule has 0 radical (unpaired) electrons. The second kappa shape index (κ2) is 14.7. The van der Waals surface area contributed by atoms with Crippen LogP contribution in [0.25, 0.3) is 6.08 Å². The fourth-order valence-corrected chi connectivity index (χ4v) is 9.73. The topological polar surface area (TPSA) is 181 Å². The normalized spacial score (nSPS) is 33.9. The molecular formula is C42H48O13. The molecule has 0 aromatic heterocycles. The lowest BCUT2D eigenvalue weighted by Crippen LogP contribution is -2.79. The maximum Gasteiger partial charge on any atom is 0.338 e. The molecule has 1 heterocycles. The van der Waals surface area contributed by atoms with Gasteiger partial charge in [-0.1, -0.05) is 55.5 Å². The predicted octanol–water partition coefficient (Wildman–Crippen LogP) is 4.28. The summed E-state index contributed by atoms with van der Waals surface area (Å²) in [6.07, 6.45) is -5.40. The number of ether oxygens (including phenoxy) is 6. The molecule has 13 heteroatoms. The number of esters is 5. The first-order chi connectivity index (χ1) is 25.9. The van der Waals surface area contributed by atoms with Gasteiger partial charge in [-0.25, -0.2) is 9.59 Å². The van der Waals surface area contributed by atoms with Crippen molar-refractivity contribution in [3.63, 3.8) is 0 Å². The first kappa shape index (κ1) is 39.8. The Morgan fingerprint density at radius 3 is 2.02 bits per heavy atom. The van der Waals surface area contributed by atoms with E-state index in [-0.39, 0.29) is 30.6 Å². The number of aliphatic hydroxyl groups excluding tert-OH is 1. The van der Waals surface area contributed by atoms with Crippen LogP contribution in [-0.4, -0.2) is 94.5 Å². The molecule has 0 amide bonds. The third kappa shape index (κ3) is 6.76. The van der Waals surface area contributed by atoms with E-state index in [2.05, 4.69) is 0 Å². The first-order valence-corrected chi connectivity index (χ1v) is 18.3. The van der Waals surface area contributed by atoms with Crippen LogP contribution >= 0.6 is 0 Å². The zero-order chi connectivity index (χ0) is 40.1. The molecule has 0 unspecified atom stereocenters. The van der Waals surface area contributed by atoms with Crippen LogP contribution in [0.15, 0.2) is 77.9 Å². The summed E-state index contributed by atoms with van der Waals surface area (Å²) in [7, 11) is 0. The first-order valence-electron chi connectivity index (χ1n) is 18.3. The van der Waals surface area contributed by atoms with Gasteiger partial charge in [-0.3, -0.25) is 14.4 Å². The Morgan fingerprint density at radius 1 is 0.855 bits per heavy atom. The molecule has 294 valence electrons. The molecule has 4 aliphatic rings. The minimum atomic E-state index is -1.88. The Morgan fingerprint density at radius 2 is 1.47 bits per heavy atom. The average molecular weight is 761 g/mol. The van der Waals surface area contributed by atoms with E-state index in [0.717, 1.165) is 5.56 Å². The van der Waals surface area contributed by atoms with Gasteiger partial charge in [0.15, 0.2) is 5.60 Å². The average Bonchev–Trinajstić information content (AvgIpc) is 3.38. The molecule has 0 spiro atoms. The van der Waals surface area contributed by atoms with Gasteiger partial charge < -0.3 is 38.6 Å². The number of fused-ring (bicyclic) bond motifs is 4. The van der Waals surface area contributed by atoms with Gasteiger partial charge in [-0.2, -0.15) is 0 Å². The van der Waals surface area contributed by atoms with E-state index in [1.54, 1.807) is 38.1 Å². The van der Waals surface area contributed by atoms with Crippen molar-refractivity contribution in [1.82, 2.24) is 0 Å². The SMILES string of the molecule is CC(=O)O[C@H]1C[C@H]2OC[C@@]2(OC(C)=O)[C@H]2[C@H](OC(C)=O)[C@]3(C(C)(C)O)C[C@H](OC(=O)C=Cc4ccccc4)C(C)=C3[C@@H](O)[C@H](OC(=O)c3ccccc3)[C@]12C. The fourth-order valence-electron chi connectivity index (χ4n) is 9.73. The molecule has 1 saturated heterocycles. The van der Waals surface area contributed by atoms with E-state index >= 15 is 0 Å². The summed E-state index contributed by atoms with van der Waals surface area (Å²) in [5.41, 5.74) is -5.62. The molecule has 10 atom stereocenters. The van der Waals surface area contributed by atoms with Gasteiger partial charge in [0.05, 0.1) is 34.5 Å². The van der Waals surface area contributed by atoms with Crippen LogP contribution in [0.5, 0.6) is 0 Å². The van der Waals surface area contributed by atoms with E-state index in [1.807, 2.05) is 30.3 Å². The number of carbonyl (C=O) groups is 5. The number of hydrogen-bond donors (Lipinski definition) is 2. The lowest BCUT2D eigenvalue weighted by Gasteiger charge is -2.65. The lowest BCUT2D eigenvalue weighted by atomic mass is 9.49. The van der Waals surface area contributed by atoms with Gasteiger partial charge in [0, 0.05) is 39.7 Å². The molecule has 2 saturated carbocycles. The molecule has 0 bridgehead atoms. The number of carbonyl (C=O) groups excluding carboxylic acids is 5. The van der Waals surface area contributed by atoms with Crippen molar-refractivity contribution in [2.75, 3.05) is 6.61 Å². The summed E-state index contributed by atoms with van der Waals surface area (Å²) in [5.74, 6) is -4.98. The predicted molar refractivity (Wildman–Crippen MR) is 195 cm³/mol. The van der Waals surface area contributed by atoms with Gasteiger partial charge >= 0.3 is 29.8 Å². The molecule has 13 nitrogen and oxygen atoms in total. The summed E-state index contributed by atoms with van der Waals surface area (Å²) in [5, 5.41) is 25.4. The Hall–Kier alpha value is -4.85. The summed E-state index contributed by atoms with van der Waals surface area (Å²) in [6.45, 7) is 9.64. The molecule has 6 rings (SSSR count). The van der Waals surface area contributed by atoms with E-state index in [4.69, 9.17) is 28.4 Å². The van der Waals surface area contributed by atoms with Crippen LogP contribution in [-0.2, 0) is 47.6 Å². The smallest absolute Gasteiger partial charge is 0.338 e. The highest BCUT2D eigenvalue weighted by Crippen LogP contribution is 2.68. The van der Waals surface area contributed by atoms with Crippen molar-refractivity contribution in [3.8, 4) is 0 Å². The van der Waals surface area contributed by atoms with Crippen LogP contribution in [0.4, 0.5) is 0 Å². The minimum absolute atomic E-state index is 0.0414. The standard InChI is InChI=1S/C42H48O13/c1-23-29(53-32(46)19-18-27-14-10-8-11-15-27)21-41(39(5,6)49)33(23)34(47)36(54-38(48)28-16-12-9-13-17-28)40(7)30(51-24(2)43)20-31-42(22-50-31,55-26(4)45)35(40)37(41)52-25(3)44/h8-19,29-31,34-37,47,49H,20-22H2,1-7H3/t29-,30-,31+,34+,35-,36-,37-,40+,41-,42-/m0/s1. The van der Waals surface area contributed by atoms with Gasteiger partial charge in [0.25, 0.3) is 0 Å². The number of hydrogen-bond acceptors (Lipinski definition) is 13. The Labute approximate surface area is 319 Å². The fraction of sp³-hybridized carbons (Fsp3) is 0.500. The summed E-state index contributed by atoms with van der Waals surface area (Å²) < 4.78 is 36.9. The Kier molecular flexibility index (Phi) is 10.6. The summed E-state index contributed by atoms with van der Waals surface area (Å²) in [6, 6.07) is 17.2. The van der Waals surface area contributed by atoms with Crippen molar-refractivity contribution < 1.29 is 62.6 Å². The largest absolute Gasteiger partial charge is 0.462 e. The maximum absolute atomic E-state index is 14.1. The molecule has 3 aliphatic carbocycles. The second-order valence-electron chi connectivity index (χ2n) is 15.7. The highest BCUT2D eigenvalue weighted by atomic mass is 16.6. The van der Waals surface area contributed by atoms with Gasteiger partial charge in [-0.15, -0.1) is 0 Å². The van der Waals surface area contributed by atoms with Crippen LogP contribution < -0.4 is 0 Å². The van der Waals surface area contributed by atoms with Crippen molar-refractivity contribution in [2.24, 2.45) is 16.7 Å². The molecular weight excluding hydrogens is 712 g/mol. The van der Waals surface area contributed by atoms with E-state index in [0.29, 0.717) is 5.57 Å². The van der Waals surface area contributed by atoms with E-state index in [9.17, 15) is 34.2 Å². The van der Waals surface area contributed by atoms with Crippen LogP contribution in [0.2, 0.25) is 0 Å². The van der Waals surface area contributed by atoms with Crippen molar-refractivity contribution in [1.29, 1.82) is 0 Å². The third-order valence-electron chi connectivity index (χ3n) is 12.0. The van der Waals surface area contributed by atoms with Gasteiger partial charge in [-0.05, 0) is 55.7 Å². The molecule has 2 aromatic rings. The Balaban J connectivity index is 1.62. The zero-order valence-corrected chi connectivity index (χ0v) is 32.0. The highest BCUT2D eigenvalue weighted by Gasteiger charge is 2.80. The number of aliphatic hydroxyl groups is 2. The van der Waals surface area contributed by atoms with Crippen molar-refractivity contribution >= 4 is 35.9 Å². The third-order valence-corrected chi connectivity index (χ3v) is 12.0. The van der Waals surface area contributed by atoms with Crippen LogP contribution in [0.3, 0.4) is 0 Å². The quantitative estimate of drug-likeness (QED) is 0.160. The second-order valence-corrected chi connectivity index (χ2v) is 15.7. The molecule has 3 fully saturated rings. The zero-order valence-electron chi connectivity index (χ0n) is 32.0. The van der Waals surface area contributed by atoms with Crippen molar-refractivity contribution in [3.05, 3.63) is 89.0 Å². The Bertz CT molecular complexity index is 1900. The summed E-state index contributed by atoms with van der Waals surface area (Å²) >= 11 is 0. The molecule has 2 aromatic carbocycles. The highest BCUT2D eigenvalue weighted by molar-refractivity contribution is 5.89. The van der Waals surface area contributed by atoms with Gasteiger partial charge in [0.1, 0.15) is 36.6 Å². The molecule has 55 heavy (non-hydrogen) atoms.